The largest absolute Gasteiger partial charge is 0.478 e. The minimum absolute atomic E-state index is 0.00911. The van der Waals surface area contributed by atoms with E-state index in [0.29, 0.717) is 60.3 Å². The standard InChI is InChI=1S/C33H32N2O6/c1-21-14-24-10-6-7-11-25(24)18-35(21)32(36)28-17-31-30(40-20-41-31)16-27(28)29-15-26(33(37)38)22(2)34(29)12-13-39-19-23-8-4-3-5-9-23/h3-11,15-17,21H,12-14,18-20H2,1-2H3,(H,37,38)/t21-/m1/s1. The highest BCUT2D eigenvalue weighted by Gasteiger charge is 2.32. The summed E-state index contributed by atoms with van der Waals surface area (Å²) in [5, 5.41) is 9.97. The number of rotatable bonds is 8. The Labute approximate surface area is 238 Å². The highest BCUT2D eigenvalue weighted by Crippen LogP contribution is 2.41. The van der Waals surface area contributed by atoms with E-state index in [1.807, 2.05) is 51.9 Å². The van der Waals surface area contributed by atoms with Crippen LogP contribution in [0, 0.1) is 6.92 Å². The van der Waals surface area contributed by atoms with Crippen LogP contribution in [0.15, 0.2) is 72.8 Å². The van der Waals surface area contributed by atoms with E-state index >= 15 is 0 Å². The van der Waals surface area contributed by atoms with Crippen molar-refractivity contribution in [1.29, 1.82) is 0 Å². The summed E-state index contributed by atoms with van der Waals surface area (Å²) < 4.78 is 19.2. The molecule has 0 spiro atoms. The maximum atomic E-state index is 14.2. The van der Waals surface area contributed by atoms with E-state index in [-0.39, 0.29) is 24.3 Å². The van der Waals surface area contributed by atoms with E-state index < -0.39 is 5.97 Å². The van der Waals surface area contributed by atoms with Crippen LogP contribution in [0.2, 0.25) is 0 Å². The van der Waals surface area contributed by atoms with Crippen molar-refractivity contribution < 1.29 is 28.9 Å². The summed E-state index contributed by atoms with van der Waals surface area (Å²) in [4.78, 5) is 28.3. The lowest BCUT2D eigenvalue weighted by Gasteiger charge is -2.35. The molecule has 210 valence electrons. The van der Waals surface area contributed by atoms with Gasteiger partial charge in [0.15, 0.2) is 11.5 Å². The quantitative estimate of drug-likeness (QED) is 0.282. The van der Waals surface area contributed by atoms with E-state index in [1.165, 1.54) is 5.56 Å². The van der Waals surface area contributed by atoms with E-state index in [9.17, 15) is 14.7 Å². The minimum atomic E-state index is -1.03. The number of aromatic nitrogens is 1. The Morgan fingerprint density at radius 1 is 0.951 bits per heavy atom. The first-order valence-electron chi connectivity index (χ1n) is 13.8. The maximum Gasteiger partial charge on any atom is 0.337 e. The molecule has 0 unspecified atom stereocenters. The number of carboxylic acids is 1. The summed E-state index contributed by atoms with van der Waals surface area (Å²) in [6.45, 7) is 5.62. The van der Waals surface area contributed by atoms with Crippen LogP contribution >= 0.6 is 0 Å². The summed E-state index contributed by atoms with van der Waals surface area (Å²) in [6, 6.07) is 23.2. The van der Waals surface area contributed by atoms with Gasteiger partial charge in [-0.2, -0.15) is 0 Å². The molecule has 2 aliphatic heterocycles. The first kappa shape index (κ1) is 26.7. The number of fused-ring (bicyclic) bond motifs is 2. The Bertz CT molecular complexity index is 1610. The minimum Gasteiger partial charge on any atom is -0.478 e. The zero-order valence-corrected chi connectivity index (χ0v) is 23.1. The first-order valence-corrected chi connectivity index (χ1v) is 13.8. The second-order valence-electron chi connectivity index (χ2n) is 10.5. The predicted octanol–water partition coefficient (Wildman–Crippen LogP) is 5.69. The lowest BCUT2D eigenvalue weighted by atomic mass is 9.93. The van der Waals surface area contributed by atoms with Crippen molar-refractivity contribution in [2.75, 3.05) is 13.4 Å². The normalized spacial score (nSPS) is 15.6. The molecule has 41 heavy (non-hydrogen) atoms. The second kappa shape index (κ2) is 11.1. The van der Waals surface area contributed by atoms with Crippen molar-refractivity contribution in [3.05, 3.63) is 106 Å². The summed E-state index contributed by atoms with van der Waals surface area (Å²) >= 11 is 0. The van der Waals surface area contributed by atoms with Gasteiger partial charge in [0.05, 0.1) is 30.0 Å². The van der Waals surface area contributed by atoms with Crippen molar-refractivity contribution in [1.82, 2.24) is 9.47 Å². The second-order valence-corrected chi connectivity index (χ2v) is 10.5. The molecule has 0 fully saturated rings. The number of carbonyl (C=O) groups is 2. The van der Waals surface area contributed by atoms with Gasteiger partial charge >= 0.3 is 5.97 Å². The Balaban J connectivity index is 1.37. The number of aromatic carboxylic acids is 1. The molecular formula is C33H32N2O6. The molecule has 2 aliphatic rings. The number of carbonyl (C=O) groups excluding carboxylic acids is 1. The van der Waals surface area contributed by atoms with Crippen LogP contribution in [-0.2, 0) is 30.9 Å². The number of carboxylic acid groups (broad SMARTS) is 1. The number of benzene rings is 3. The number of nitrogens with zero attached hydrogens (tertiary/aromatic N) is 2. The SMILES string of the molecule is Cc1c(C(=O)O)cc(-c2cc3c(cc2C(=O)N2Cc4ccccc4C[C@H]2C)OCO3)n1CCOCc1ccccc1. The van der Waals surface area contributed by atoms with Crippen LogP contribution in [0.3, 0.4) is 0 Å². The molecular weight excluding hydrogens is 520 g/mol. The van der Waals surface area contributed by atoms with Gasteiger partial charge in [-0.15, -0.1) is 0 Å². The molecule has 3 heterocycles. The highest BCUT2D eigenvalue weighted by molar-refractivity contribution is 6.02. The average Bonchev–Trinajstić information content (AvgIpc) is 3.58. The number of ether oxygens (including phenoxy) is 3. The summed E-state index contributed by atoms with van der Waals surface area (Å²) in [6.07, 6.45) is 0.763. The van der Waals surface area contributed by atoms with Crippen LogP contribution in [0.25, 0.3) is 11.3 Å². The number of amides is 1. The topological polar surface area (TPSA) is 90.2 Å². The molecule has 0 saturated heterocycles. The fraction of sp³-hybridized carbons (Fsp3) is 0.273. The fourth-order valence-electron chi connectivity index (χ4n) is 5.73. The molecule has 4 aromatic rings. The lowest BCUT2D eigenvalue weighted by molar-refractivity contribution is 0.0656. The van der Waals surface area contributed by atoms with E-state index in [0.717, 1.165) is 17.5 Å². The third kappa shape index (κ3) is 5.18. The third-order valence-electron chi connectivity index (χ3n) is 7.95. The Hall–Kier alpha value is -4.56. The highest BCUT2D eigenvalue weighted by atomic mass is 16.7. The van der Waals surface area contributed by atoms with Crippen molar-refractivity contribution in [3.8, 4) is 22.8 Å². The van der Waals surface area contributed by atoms with Crippen LogP contribution in [0.1, 0.15) is 50.0 Å². The van der Waals surface area contributed by atoms with Gasteiger partial charge < -0.3 is 28.8 Å². The van der Waals surface area contributed by atoms with Gasteiger partial charge in [0.25, 0.3) is 5.91 Å². The summed E-state index contributed by atoms with van der Waals surface area (Å²) in [5.41, 5.74) is 5.88. The van der Waals surface area contributed by atoms with Crippen LogP contribution in [-0.4, -0.2) is 45.9 Å². The molecule has 3 aromatic carbocycles. The lowest BCUT2D eigenvalue weighted by Crippen LogP contribution is -2.42. The zero-order chi connectivity index (χ0) is 28.5. The Kier molecular flexibility index (Phi) is 7.24. The molecule has 1 aromatic heterocycles. The molecule has 8 nitrogen and oxygen atoms in total. The van der Waals surface area contributed by atoms with Gasteiger partial charge in [0.2, 0.25) is 6.79 Å². The average molecular weight is 553 g/mol. The van der Waals surface area contributed by atoms with Gasteiger partial charge in [0.1, 0.15) is 0 Å². The molecule has 0 radical (unpaired) electrons. The molecule has 1 atom stereocenters. The van der Waals surface area contributed by atoms with Gasteiger partial charge in [0, 0.05) is 30.4 Å². The zero-order valence-electron chi connectivity index (χ0n) is 23.1. The van der Waals surface area contributed by atoms with Crippen LogP contribution in [0.4, 0.5) is 0 Å². The van der Waals surface area contributed by atoms with Gasteiger partial charge in [-0.05, 0) is 55.2 Å². The molecule has 0 aliphatic carbocycles. The Morgan fingerprint density at radius 2 is 1.66 bits per heavy atom. The Morgan fingerprint density at radius 3 is 2.41 bits per heavy atom. The van der Waals surface area contributed by atoms with Gasteiger partial charge in [-0.1, -0.05) is 54.6 Å². The van der Waals surface area contributed by atoms with Gasteiger partial charge in [-0.3, -0.25) is 4.79 Å². The van der Waals surface area contributed by atoms with Gasteiger partial charge in [-0.25, -0.2) is 4.79 Å². The number of hydrogen-bond donors (Lipinski definition) is 1. The third-order valence-corrected chi connectivity index (χ3v) is 7.95. The molecule has 0 saturated carbocycles. The molecule has 8 heteroatoms. The predicted molar refractivity (Wildman–Crippen MR) is 153 cm³/mol. The monoisotopic (exact) mass is 552 g/mol. The van der Waals surface area contributed by atoms with Crippen molar-refractivity contribution >= 4 is 11.9 Å². The van der Waals surface area contributed by atoms with Crippen LogP contribution < -0.4 is 9.47 Å². The van der Waals surface area contributed by atoms with Crippen molar-refractivity contribution in [3.63, 3.8) is 0 Å². The van der Waals surface area contributed by atoms with E-state index in [2.05, 4.69) is 19.1 Å². The van der Waals surface area contributed by atoms with Crippen LogP contribution in [0.5, 0.6) is 11.5 Å². The summed E-state index contributed by atoms with van der Waals surface area (Å²) in [5.74, 6) is -0.136. The maximum absolute atomic E-state index is 14.2. The van der Waals surface area contributed by atoms with E-state index in [4.69, 9.17) is 14.2 Å². The van der Waals surface area contributed by atoms with Crippen molar-refractivity contribution in [2.24, 2.45) is 0 Å². The van der Waals surface area contributed by atoms with Crippen molar-refractivity contribution in [2.45, 2.75) is 46.0 Å². The smallest absolute Gasteiger partial charge is 0.337 e. The molecule has 0 bridgehead atoms. The fourth-order valence-corrected chi connectivity index (χ4v) is 5.73. The molecule has 6 rings (SSSR count). The molecule has 1 N–H and O–H groups in total. The van der Waals surface area contributed by atoms with E-state index in [1.54, 1.807) is 25.1 Å². The number of hydrogen-bond acceptors (Lipinski definition) is 5. The first-order chi connectivity index (χ1) is 19.9. The molecule has 1 amide bonds. The summed E-state index contributed by atoms with van der Waals surface area (Å²) in [7, 11) is 0.